The number of hydrogen-bond acceptors (Lipinski definition) is 3. The quantitative estimate of drug-likeness (QED) is 0.900. The summed E-state index contributed by atoms with van der Waals surface area (Å²) in [4.78, 5) is 2.50. The van der Waals surface area contributed by atoms with E-state index in [0.29, 0.717) is 6.04 Å². The molecule has 3 nitrogen and oxygen atoms in total. The second-order valence-corrected chi connectivity index (χ2v) is 6.66. The van der Waals surface area contributed by atoms with E-state index in [-0.39, 0.29) is 12.1 Å². The van der Waals surface area contributed by atoms with Crippen LogP contribution >= 0.6 is 0 Å². The van der Waals surface area contributed by atoms with Gasteiger partial charge in [0.25, 0.3) is 0 Å². The Bertz CT molecular complexity index is 421. The molecule has 118 valence electrons. The van der Waals surface area contributed by atoms with E-state index >= 15 is 0 Å². The molecule has 0 aromatic heterocycles. The van der Waals surface area contributed by atoms with Crippen LogP contribution in [0.25, 0.3) is 0 Å². The topological polar surface area (TPSA) is 38.5 Å². The average molecular weight is 290 g/mol. The first-order chi connectivity index (χ1) is 10.0. The van der Waals surface area contributed by atoms with Gasteiger partial charge in [-0.2, -0.15) is 0 Å². The minimum absolute atomic E-state index is 0.114. The van der Waals surface area contributed by atoms with E-state index in [9.17, 15) is 0 Å². The van der Waals surface area contributed by atoms with Gasteiger partial charge in [0, 0.05) is 18.1 Å². The molecule has 1 aliphatic carbocycles. The Balaban J connectivity index is 2.13. The van der Waals surface area contributed by atoms with E-state index in [1.807, 2.05) is 12.1 Å². The first-order valence-corrected chi connectivity index (χ1v) is 8.14. The monoisotopic (exact) mass is 290 g/mol. The van der Waals surface area contributed by atoms with E-state index in [4.69, 9.17) is 10.5 Å². The van der Waals surface area contributed by atoms with Gasteiger partial charge >= 0.3 is 0 Å². The third kappa shape index (κ3) is 3.98. The number of ether oxygens (including phenoxy) is 1. The van der Waals surface area contributed by atoms with Crippen molar-refractivity contribution in [2.24, 2.45) is 11.7 Å². The highest BCUT2D eigenvalue weighted by molar-refractivity contribution is 5.30. The maximum absolute atomic E-state index is 6.30. The van der Waals surface area contributed by atoms with Crippen molar-refractivity contribution in [3.63, 3.8) is 0 Å². The summed E-state index contributed by atoms with van der Waals surface area (Å²) in [6, 6.07) is 9.39. The molecule has 0 bridgehead atoms. The summed E-state index contributed by atoms with van der Waals surface area (Å²) in [5.41, 5.74) is 7.59. The van der Waals surface area contributed by atoms with Crippen molar-refractivity contribution in [1.82, 2.24) is 4.90 Å². The summed E-state index contributed by atoms with van der Waals surface area (Å²) in [5.74, 6) is 1.78. The van der Waals surface area contributed by atoms with Gasteiger partial charge in [-0.25, -0.2) is 0 Å². The molecule has 0 spiro atoms. The molecule has 2 atom stereocenters. The first-order valence-electron chi connectivity index (χ1n) is 8.14. The second-order valence-electron chi connectivity index (χ2n) is 6.66. The summed E-state index contributed by atoms with van der Waals surface area (Å²) in [7, 11) is 3.94. The Morgan fingerprint density at radius 3 is 2.19 bits per heavy atom. The Morgan fingerprint density at radius 1 is 1.14 bits per heavy atom. The first kappa shape index (κ1) is 16.3. The fraction of sp³-hybridized carbons (Fsp3) is 0.667. The fourth-order valence-electron chi connectivity index (χ4n) is 3.59. The predicted molar refractivity (Wildman–Crippen MR) is 88.6 cm³/mol. The van der Waals surface area contributed by atoms with Crippen LogP contribution in [0.2, 0.25) is 0 Å². The standard InChI is InChI=1S/C18H30N2O/c1-13-5-9-16(10-6-13)20(3)18(14(2)19)15-7-11-17(21-4)12-8-15/h7-8,11-14,16,18H,5-6,9-10,19H2,1-4H3. The zero-order valence-corrected chi connectivity index (χ0v) is 13.9. The van der Waals surface area contributed by atoms with Gasteiger partial charge in [0.2, 0.25) is 0 Å². The van der Waals surface area contributed by atoms with Gasteiger partial charge in [-0.05, 0) is 63.3 Å². The zero-order valence-electron chi connectivity index (χ0n) is 13.9. The molecule has 2 N–H and O–H groups in total. The van der Waals surface area contributed by atoms with Crippen LogP contribution in [0.1, 0.15) is 51.1 Å². The average Bonchev–Trinajstić information content (AvgIpc) is 2.48. The molecule has 2 rings (SSSR count). The number of methoxy groups -OCH3 is 1. The van der Waals surface area contributed by atoms with Gasteiger partial charge in [-0.3, -0.25) is 4.90 Å². The van der Waals surface area contributed by atoms with E-state index < -0.39 is 0 Å². The molecular formula is C18H30N2O. The summed E-state index contributed by atoms with van der Waals surface area (Å²) in [6.07, 6.45) is 5.25. The van der Waals surface area contributed by atoms with E-state index in [1.165, 1.54) is 31.2 Å². The summed E-state index contributed by atoms with van der Waals surface area (Å²) < 4.78 is 5.25. The van der Waals surface area contributed by atoms with Crippen LogP contribution in [0.5, 0.6) is 5.75 Å². The Morgan fingerprint density at radius 2 is 1.71 bits per heavy atom. The van der Waals surface area contributed by atoms with Gasteiger partial charge in [0.05, 0.1) is 7.11 Å². The van der Waals surface area contributed by atoms with Crippen molar-refractivity contribution >= 4 is 0 Å². The van der Waals surface area contributed by atoms with Crippen molar-refractivity contribution < 1.29 is 4.74 Å². The van der Waals surface area contributed by atoms with Crippen LogP contribution in [-0.4, -0.2) is 31.1 Å². The van der Waals surface area contributed by atoms with Crippen LogP contribution < -0.4 is 10.5 Å². The van der Waals surface area contributed by atoms with Gasteiger partial charge in [0.15, 0.2) is 0 Å². The lowest BCUT2D eigenvalue weighted by Crippen LogP contribution is -2.44. The van der Waals surface area contributed by atoms with Crippen molar-refractivity contribution in [1.29, 1.82) is 0 Å². The largest absolute Gasteiger partial charge is 0.497 e. The summed E-state index contributed by atoms with van der Waals surface area (Å²) in [6.45, 7) is 4.47. The van der Waals surface area contributed by atoms with Crippen molar-refractivity contribution in [2.45, 2.75) is 57.7 Å². The van der Waals surface area contributed by atoms with E-state index in [0.717, 1.165) is 11.7 Å². The molecule has 1 aliphatic rings. The Hall–Kier alpha value is -1.06. The molecule has 0 radical (unpaired) electrons. The molecule has 1 aromatic carbocycles. The minimum Gasteiger partial charge on any atom is -0.497 e. The number of hydrogen-bond donors (Lipinski definition) is 1. The highest BCUT2D eigenvalue weighted by Gasteiger charge is 2.29. The molecule has 0 aliphatic heterocycles. The molecule has 0 amide bonds. The minimum atomic E-state index is 0.114. The van der Waals surface area contributed by atoms with E-state index in [2.05, 4.69) is 37.9 Å². The third-order valence-electron chi connectivity index (χ3n) is 4.96. The van der Waals surface area contributed by atoms with Crippen LogP contribution in [0.15, 0.2) is 24.3 Å². The molecule has 0 heterocycles. The smallest absolute Gasteiger partial charge is 0.118 e. The van der Waals surface area contributed by atoms with Gasteiger partial charge in [-0.15, -0.1) is 0 Å². The van der Waals surface area contributed by atoms with Crippen LogP contribution in [-0.2, 0) is 0 Å². The molecular weight excluding hydrogens is 260 g/mol. The maximum Gasteiger partial charge on any atom is 0.118 e. The summed E-state index contributed by atoms with van der Waals surface area (Å²) >= 11 is 0. The number of benzene rings is 1. The molecule has 1 saturated carbocycles. The molecule has 21 heavy (non-hydrogen) atoms. The number of nitrogens with two attached hydrogens (primary N) is 1. The summed E-state index contributed by atoms with van der Waals surface area (Å²) in [5, 5.41) is 0. The van der Waals surface area contributed by atoms with Gasteiger partial charge in [0.1, 0.15) is 5.75 Å². The Kier molecular flexibility index (Phi) is 5.65. The van der Waals surface area contributed by atoms with E-state index in [1.54, 1.807) is 7.11 Å². The highest BCUT2D eigenvalue weighted by atomic mass is 16.5. The number of nitrogens with zero attached hydrogens (tertiary/aromatic N) is 1. The van der Waals surface area contributed by atoms with Crippen LogP contribution in [0, 0.1) is 5.92 Å². The van der Waals surface area contributed by atoms with Crippen LogP contribution in [0.4, 0.5) is 0 Å². The SMILES string of the molecule is COc1ccc(C(C(C)N)N(C)C2CCC(C)CC2)cc1. The fourth-order valence-corrected chi connectivity index (χ4v) is 3.59. The molecule has 2 unspecified atom stereocenters. The normalized spacial score (nSPS) is 25.6. The molecule has 1 fully saturated rings. The van der Waals surface area contributed by atoms with Gasteiger partial charge in [-0.1, -0.05) is 19.1 Å². The lowest BCUT2D eigenvalue weighted by Gasteiger charge is -2.40. The molecule has 0 saturated heterocycles. The molecule has 3 heteroatoms. The number of likely N-dealkylation sites (N-methyl/N-ethyl adjacent to an activating group) is 1. The highest BCUT2D eigenvalue weighted by Crippen LogP contribution is 2.33. The Labute approximate surface area is 129 Å². The predicted octanol–water partition coefficient (Wildman–Crippen LogP) is 3.59. The van der Waals surface area contributed by atoms with Crippen molar-refractivity contribution in [2.75, 3.05) is 14.2 Å². The maximum atomic E-state index is 6.30. The third-order valence-corrected chi connectivity index (χ3v) is 4.96. The van der Waals surface area contributed by atoms with Crippen molar-refractivity contribution in [3.05, 3.63) is 29.8 Å². The van der Waals surface area contributed by atoms with Gasteiger partial charge < -0.3 is 10.5 Å². The number of rotatable bonds is 5. The second kappa shape index (κ2) is 7.28. The van der Waals surface area contributed by atoms with Crippen molar-refractivity contribution in [3.8, 4) is 5.75 Å². The molecule has 1 aromatic rings. The lowest BCUT2D eigenvalue weighted by atomic mass is 9.85. The van der Waals surface area contributed by atoms with Crippen LogP contribution in [0.3, 0.4) is 0 Å². The lowest BCUT2D eigenvalue weighted by molar-refractivity contribution is 0.111. The zero-order chi connectivity index (χ0) is 15.4.